The number of piperidine rings is 2. The summed E-state index contributed by atoms with van der Waals surface area (Å²) in [7, 11) is -1.50. The Balaban J connectivity index is 1.47. The Bertz CT molecular complexity index is 931. The van der Waals surface area contributed by atoms with Gasteiger partial charge in [-0.3, -0.25) is 0 Å². The van der Waals surface area contributed by atoms with Gasteiger partial charge in [-0.25, -0.2) is 0 Å². The summed E-state index contributed by atoms with van der Waals surface area (Å²) in [6, 6.07) is 0. The number of hydrogen-bond acceptors (Lipinski definition) is 10. The quantitative estimate of drug-likeness (QED) is 0.134. The Morgan fingerprint density at radius 2 is 1.09 bits per heavy atom. The van der Waals surface area contributed by atoms with Crippen molar-refractivity contribution in [2.24, 2.45) is 16.8 Å². The van der Waals surface area contributed by atoms with Gasteiger partial charge in [0.15, 0.2) is 0 Å². The van der Waals surface area contributed by atoms with Gasteiger partial charge in [-0.15, -0.1) is 0 Å². The van der Waals surface area contributed by atoms with Gasteiger partial charge in [0.2, 0.25) is 0 Å². The average Bonchev–Trinajstić information content (AvgIpc) is 3.92. The van der Waals surface area contributed by atoms with Crippen LogP contribution >= 0.6 is 24.1 Å². The molecule has 6 aliphatic heterocycles. The van der Waals surface area contributed by atoms with Gasteiger partial charge in [-0.1, -0.05) is 0 Å². The standard InChI is InChI=1S/C33H70N9OP3/c1-5-6-15-33-18-30-40(31-19-33)45(34-43,39-24-11-12-25-39)36(4)46(41-26-13-14-27-41,42-28-16-32(2)17-29-42)35(3)44(37-20-7-8-21-37)38-22-9-10-23-38/h32-33,45-46H,5-31H2,1-4H3. The van der Waals surface area contributed by atoms with Crippen LogP contribution in [0.1, 0.15) is 110 Å². The van der Waals surface area contributed by atoms with Crippen LogP contribution in [0.3, 0.4) is 0 Å². The van der Waals surface area contributed by atoms with Gasteiger partial charge in [0.25, 0.3) is 0 Å². The minimum atomic E-state index is -3.11. The van der Waals surface area contributed by atoms with Crippen molar-refractivity contribution < 1.29 is 0 Å². The fourth-order valence-corrected chi connectivity index (χ4v) is 27.1. The van der Waals surface area contributed by atoms with Crippen LogP contribution < -0.4 is 0 Å². The third kappa shape index (κ3) is 7.05. The predicted molar refractivity (Wildman–Crippen MR) is 202 cm³/mol. The van der Waals surface area contributed by atoms with E-state index in [2.05, 4.69) is 69.8 Å². The van der Waals surface area contributed by atoms with E-state index in [1.807, 2.05) is 0 Å². The molecule has 46 heavy (non-hydrogen) atoms. The van der Waals surface area contributed by atoms with Gasteiger partial charge >= 0.3 is 285 Å². The third-order valence-corrected chi connectivity index (χ3v) is 26.3. The molecule has 6 heterocycles. The second-order valence-corrected chi connectivity index (χ2v) is 25.8. The van der Waals surface area contributed by atoms with Crippen LogP contribution in [0.2, 0.25) is 0 Å². The van der Waals surface area contributed by atoms with Crippen LogP contribution in [0.5, 0.6) is 0 Å². The van der Waals surface area contributed by atoms with Gasteiger partial charge in [-0.05, 0) is 0 Å². The summed E-state index contributed by atoms with van der Waals surface area (Å²) in [4.78, 5) is 18.7. The minimum absolute atomic E-state index is 0.614. The van der Waals surface area contributed by atoms with E-state index in [-0.39, 0.29) is 0 Å². The third-order valence-electron chi connectivity index (χ3n) is 12.7. The van der Waals surface area contributed by atoms with Gasteiger partial charge in [0, 0.05) is 0 Å². The Hall–Kier alpha value is 0.570. The Morgan fingerprint density at radius 3 is 1.59 bits per heavy atom. The number of unbranched alkanes of at least 4 members (excludes halogenated alkanes) is 1. The van der Waals surface area contributed by atoms with Crippen LogP contribution in [-0.4, -0.2) is 130 Å². The van der Waals surface area contributed by atoms with Crippen molar-refractivity contribution in [3.63, 3.8) is 0 Å². The first-order valence-corrected chi connectivity index (χ1v) is 24.4. The van der Waals surface area contributed by atoms with Crippen molar-refractivity contribution in [3.05, 3.63) is 4.91 Å². The molecule has 6 aliphatic rings. The average molecular weight is 702 g/mol. The van der Waals surface area contributed by atoms with Gasteiger partial charge < -0.3 is 0 Å². The monoisotopic (exact) mass is 701 g/mol. The summed E-state index contributed by atoms with van der Waals surface area (Å²) in [5.41, 5.74) is 0. The summed E-state index contributed by atoms with van der Waals surface area (Å²) < 4.78 is 23.1. The molecule has 6 rings (SSSR count). The molecule has 0 atom stereocenters. The van der Waals surface area contributed by atoms with E-state index in [4.69, 9.17) is 0 Å². The molecule has 0 aliphatic carbocycles. The van der Waals surface area contributed by atoms with Crippen molar-refractivity contribution >= 4 is 24.1 Å². The van der Waals surface area contributed by atoms with E-state index in [9.17, 15) is 4.91 Å². The fraction of sp³-hybridized carbons (Fsp3) is 1.00. The van der Waals surface area contributed by atoms with E-state index >= 15 is 0 Å². The van der Waals surface area contributed by atoms with Crippen LogP contribution in [-0.2, 0) is 0 Å². The summed E-state index contributed by atoms with van der Waals surface area (Å²) >= 11 is 0. The van der Waals surface area contributed by atoms with Crippen LogP contribution in [0, 0.1) is 16.7 Å². The van der Waals surface area contributed by atoms with Crippen LogP contribution in [0.4, 0.5) is 0 Å². The number of nitrogens with zero attached hydrogens (tertiary/aromatic N) is 9. The number of hydrogen-bond donors (Lipinski definition) is 0. The molecular weight excluding hydrogens is 631 g/mol. The molecule has 0 radical (unpaired) electrons. The first kappa shape index (κ1) is 36.4. The second-order valence-electron chi connectivity index (χ2n) is 15.6. The van der Waals surface area contributed by atoms with Crippen molar-refractivity contribution in [3.8, 4) is 0 Å². The van der Waals surface area contributed by atoms with Gasteiger partial charge in [-0.2, -0.15) is 0 Å². The molecule has 268 valence electrons. The Kier molecular flexibility index (Phi) is 13.2. The van der Waals surface area contributed by atoms with Crippen LogP contribution in [0.15, 0.2) is 4.95 Å². The molecule has 13 heteroatoms. The topological polar surface area (TPSA) is 55.4 Å². The fourth-order valence-electron chi connectivity index (χ4n) is 10.0. The molecule has 10 nitrogen and oxygen atoms in total. The first-order chi connectivity index (χ1) is 22.5. The molecule has 0 unspecified atom stereocenters. The summed E-state index contributed by atoms with van der Waals surface area (Å²) in [5.74, 6) is 1.59. The van der Waals surface area contributed by atoms with Gasteiger partial charge in [0.05, 0.1) is 0 Å². The van der Waals surface area contributed by atoms with Gasteiger partial charge in [0.1, 0.15) is 0 Å². The zero-order chi connectivity index (χ0) is 32.1. The maximum atomic E-state index is 14.1. The van der Waals surface area contributed by atoms with E-state index in [0.717, 1.165) is 51.1 Å². The SMILES string of the molecule is CCCCC1CCN([PH](N=O)(N2CCCC2)N(C)[PH](N2CCCC2)(N2CCC(C)CC2)N(C)P(N2CCCC2)N2CCCC2)CC1. The molecule has 0 saturated carbocycles. The molecule has 0 aromatic heterocycles. The molecule has 0 N–H and O–H groups in total. The summed E-state index contributed by atoms with van der Waals surface area (Å²) in [6.07, 6.45) is 19.2. The number of nitroso groups, excluding NO2 is 1. The normalized spacial score (nSPS) is 27.7. The molecule has 0 spiro atoms. The van der Waals surface area contributed by atoms with E-state index in [1.54, 1.807) is 0 Å². The molecule has 6 saturated heterocycles. The van der Waals surface area contributed by atoms with Crippen LogP contribution in [0.25, 0.3) is 0 Å². The Labute approximate surface area is 284 Å². The molecule has 0 aromatic rings. The molecule has 0 bridgehead atoms. The van der Waals surface area contributed by atoms with E-state index < -0.39 is 24.1 Å². The zero-order valence-electron chi connectivity index (χ0n) is 30.1. The number of rotatable bonds is 14. The summed E-state index contributed by atoms with van der Waals surface area (Å²) in [6.45, 7) is 18.5. The van der Waals surface area contributed by atoms with E-state index in [1.165, 1.54) is 136 Å². The first-order valence-electron chi connectivity index (χ1n) is 19.6. The van der Waals surface area contributed by atoms with Crippen molar-refractivity contribution in [1.29, 1.82) is 0 Å². The van der Waals surface area contributed by atoms with Crippen molar-refractivity contribution in [1.82, 2.24) is 36.9 Å². The predicted octanol–water partition coefficient (Wildman–Crippen LogP) is 7.68. The molecular formula is C33H70N9OP3. The molecule has 0 aromatic carbocycles. The molecule has 0 amide bonds. The zero-order valence-corrected chi connectivity index (χ0v) is 33.0. The van der Waals surface area contributed by atoms with Crippen molar-refractivity contribution in [2.45, 2.75) is 110 Å². The Morgan fingerprint density at radius 1 is 0.652 bits per heavy atom. The maximum absolute atomic E-state index is 14.1. The summed E-state index contributed by atoms with van der Waals surface area (Å²) in [5, 5.41) is 0. The molecule has 6 fully saturated rings. The second kappa shape index (κ2) is 16.7. The van der Waals surface area contributed by atoms with E-state index in [0.29, 0.717) is 0 Å². The van der Waals surface area contributed by atoms with Crippen molar-refractivity contribution in [2.75, 3.05) is 92.6 Å².